The molecule has 19 heavy (non-hydrogen) atoms. The van der Waals surface area contributed by atoms with E-state index >= 15 is 0 Å². The van der Waals surface area contributed by atoms with E-state index in [4.69, 9.17) is 14.2 Å². The van der Waals surface area contributed by atoms with Gasteiger partial charge in [0, 0.05) is 11.1 Å². The predicted octanol–water partition coefficient (Wildman–Crippen LogP) is 1.21. The molecule has 2 atom stereocenters. The first-order valence-corrected chi connectivity index (χ1v) is 6.39. The van der Waals surface area contributed by atoms with E-state index in [1.54, 1.807) is 14.2 Å². The summed E-state index contributed by atoms with van der Waals surface area (Å²) in [5.74, 6) is 1.60. The fraction of sp³-hybridized carbons (Fsp3) is 0.500. The number of carbonyl (C=O) groups is 1. The fourth-order valence-electron chi connectivity index (χ4n) is 2.98. The second-order valence-electron chi connectivity index (χ2n) is 4.81. The van der Waals surface area contributed by atoms with Gasteiger partial charge in [0.25, 0.3) is 0 Å². The molecule has 0 bridgehead atoms. The van der Waals surface area contributed by atoms with Gasteiger partial charge in [-0.3, -0.25) is 4.79 Å². The third-order valence-corrected chi connectivity index (χ3v) is 3.81. The van der Waals surface area contributed by atoms with Crippen LogP contribution in [0.3, 0.4) is 0 Å². The summed E-state index contributed by atoms with van der Waals surface area (Å²) in [4.78, 5) is 11.4. The Morgan fingerprint density at radius 1 is 1.26 bits per heavy atom. The maximum absolute atomic E-state index is 11.4. The first kappa shape index (κ1) is 12.3. The van der Waals surface area contributed by atoms with E-state index in [-0.39, 0.29) is 24.7 Å². The topological polar surface area (TPSA) is 56.8 Å². The Bertz CT molecular complexity index is 514. The van der Waals surface area contributed by atoms with Crippen molar-refractivity contribution >= 4 is 5.91 Å². The average Bonchev–Trinajstić information content (AvgIpc) is 2.45. The van der Waals surface area contributed by atoms with Gasteiger partial charge >= 0.3 is 0 Å². The van der Waals surface area contributed by atoms with E-state index in [2.05, 4.69) is 5.32 Å². The van der Waals surface area contributed by atoms with Crippen LogP contribution in [0.15, 0.2) is 12.1 Å². The molecule has 2 aliphatic rings. The largest absolute Gasteiger partial charge is 0.496 e. The van der Waals surface area contributed by atoms with Crippen LogP contribution < -0.4 is 14.8 Å². The van der Waals surface area contributed by atoms with Crippen molar-refractivity contribution in [2.75, 3.05) is 20.8 Å². The highest BCUT2D eigenvalue weighted by Crippen LogP contribution is 2.43. The van der Waals surface area contributed by atoms with Gasteiger partial charge in [-0.15, -0.1) is 0 Å². The number of benzene rings is 1. The maximum atomic E-state index is 11.4. The minimum absolute atomic E-state index is 0.0229. The molecule has 0 aromatic heterocycles. The van der Waals surface area contributed by atoms with Crippen molar-refractivity contribution in [1.82, 2.24) is 5.32 Å². The van der Waals surface area contributed by atoms with Crippen LogP contribution in [0.25, 0.3) is 0 Å². The Balaban J connectivity index is 2.07. The second kappa shape index (κ2) is 4.74. The van der Waals surface area contributed by atoms with Gasteiger partial charge in [0.2, 0.25) is 5.91 Å². The molecule has 5 nitrogen and oxygen atoms in total. The zero-order chi connectivity index (χ0) is 13.4. The molecule has 0 saturated carbocycles. The monoisotopic (exact) mass is 263 g/mol. The number of hydrogen-bond donors (Lipinski definition) is 1. The summed E-state index contributed by atoms with van der Waals surface area (Å²) >= 11 is 0. The maximum Gasteiger partial charge on any atom is 0.246 e. The van der Waals surface area contributed by atoms with Gasteiger partial charge in [-0.1, -0.05) is 0 Å². The van der Waals surface area contributed by atoms with Crippen molar-refractivity contribution in [3.8, 4) is 11.5 Å². The SMILES string of the molecule is COc1ccc(OC)c2c1CC[C@@H]1NC(=O)CO[C@H]21. The Labute approximate surface area is 111 Å². The van der Waals surface area contributed by atoms with Crippen molar-refractivity contribution in [3.05, 3.63) is 23.3 Å². The van der Waals surface area contributed by atoms with E-state index in [9.17, 15) is 4.79 Å². The lowest BCUT2D eigenvalue weighted by molar-refractivity contribution is -0.138. The van der Waals surface area contributed by atoms with E-state index in [0.717, 1.165) is 35.5 Å². The molecule has 1 fully saturated rings. The van der Waals surface area contributed by atoms with Crippen LogP contribution in [0, 0.1) is 0 Å². The van der Waals surface area contributed by atoms with Gasteiger partial charge < -0.3 is 19.5 Å². The van der Waals surface area contributed by atoms with E-state index in [0.29, 0.717) is 0 Å². The zero-order valence-corrected chi connectivity index (χ0v) is 11.1. The van der Waals surface area contributed by atoms with Crippen LogP contribution in [0.4, 0.5) is 0 Å². The molecule has 0 unspecified atom stereocenters. The molecule has 0 radical (unpaired) electrons. The van der Waals surface area contributed by atoms with Crippen LogP contribution in [0.1, 0.15) is 23.7 Å². The first-order chi connectivity index (χ1) is 9.24. The van der Waals surface area contributed by atoms with E-state index < -0.39 is 0 Å². The molecule has 1 saturated heterocycles. The highest BCUT2D eigenvalue weighted by Gasteiger charge is 2.38. The molecule has 1 N–H and O–H groups in total. The molecule has 3 rings (SSSR count). The summed E-state index contributed by atoms with van der Waals surface area (Å²) < 4.78 is 16.6. The van der Waals surface area contributed by atoms with Gasteiger partial charge in [-0.25, -0.2) is 0 Å². The standard InChI is InChI=1S/C14H17NO4/c1-17-10-5-6-11(18-2)13-8(10)3-4-9-14(13)19-7-12(16)15-9/h5-6,9,14H,3-4,7H2,1-2H3,(H,15,16)/t9-,14-/m0/s1. The molecule has 1 aliphatic carbocycles. The fourth-order valence-corrected chi connectivity index (χ4v) is 2.98. The Morgan fingerprint density at radius 3 is 2.74 bits per heavy atom. The average molecular weight is 263 g/mol. The third-order valence-electron chi connectivity index (χ3n) is 3.81. The first-order valence-electron chi connectivity index (χ1n) is 6.39. The second-order valence-corrected chi connectivity index (χ2v) is 4.81. The van der Waals surface area contributed by atoms with Crippen molar-refractivity contribution in [1.29, 1.82) is 0 Å². The number of morpholine rings is 1. The van der Waals surface area contributed by atoms with Crippen molar-refractivity contribution < 1.29 is 19.0 Å². The lowest BCUT2D eigenvalue weighted by Crippen LogP contribution is -2.49. The van der Waals surface area contributed by atoms with Crippen LogP contribution in [0.2, 0.25) is 0 Å². The van der Waals surface area contributed by atoms with Crippen molar-refractivity contribution in [3.63, 3.8) is 0 Å². The number of fused-ring (bicyclic) bond motifs is 3. The van der Waals surface area contributed by atoms with E-state index in [1.807, 2.05) is 12.1 Å². The van der Waals surface area contributed by atoms with E-state index in [1.165, 1.54) is 0 Å². The number of amides is 1. The minimum Gasteiger partial charge on any atom is -0.496 e. The van der Waals surface area contributed by atoms with Gasteiger partial charge in [0.15, 0.2) is 0 Å². The minimum atomic E-state index is -0.147. The van der Waals surface area contributed by atoms with Crippen LogP contribution in [0.5, 0.6) is 11.5 Å². The number of rotatable bonds is 2. The summed E-state index contributed by atoms with van der Waals surface area (Å²) in [7, 11) is 3.31. The molecule has 1 aromatic rings. The number of carbonyl (C=O) groups excluding carboxylic acids is 1. The lowest BCUT2D eigenvalue weighted by atomic mass is 9.83. The van der Waals surface area contributed by atoms with Gasteiger partial charge in [0.1, 0.15) is 24.2 Å². The number of hydrogen-bond acceptors (Lipinski definition) is 4. The highest BCUT2D eigenvalue weighted by molar-refractivity contribution is 5.78. The summed E-state index contributed by atoms with van der Waals surface area (Å²) in [5.41, 5.74) is 2.14. The summed E-state index contributed by atoms with van der Waals surface area (Å²) in [6.45, 7) is 0.0982. The molecule has 1 aromatic carbocycles. The van der Waals surface area contributed by atoms with Gasteiger partial charge in [0.05, 0.1) is 20.3 Å². The summed E-state index contributed by atoms with van der Waals surface area (Å²) in [5, 5.41) is 2.99. The Kier molecular flexibility index (Phi) is 3.06. The molecule has 5 heteroatoms. The quantitative estimate of drug-likeness (QED) is 0.871. The molecule has 1 heterocycles. The molecule has 1 amide bonds. The number of methoxy groups -OCH3 is 2. The Morgan fingerprint density at radius 2 is 2.00 bits per heavy atom. The number of nitrogens with one attached hydrogen (secondary N) is 1. The summed E-state index contributed by atoms with van der Waals surface area (Å²) in [6, 6.07) is 3.83. The predicted molar refractivity (Wildman–Crippen MR) is 68.5 cm³/mol. The lowest BCUT2D eigenvalue weighted by Gasteiger charge is -2.38. The molecular formula is C14H17NO4. The number of ether oxygens (including phenoxy) is 3. The third kappa shape index (κ3) is 1.94. The Hall–Kier alpha value is -1.75. The normalized spacial score (nSPS) is 25.1. The molecule has 1 aliphatic heterocycles. The zero-order valence-electron chi connectivity index (χ0n) is 11.1. The molecular weight excluding hydrogens is 246 g/mol. The van der Waals surface area contributed by atoms with Crippen LogP contribution in [-0.4, -0.2) is 32.8 Å². The van der Waals surface area contributed by atoms with Gasteiger partial charge in [-0.2, -0.15) is 0 Å². The van der Waals surface area contributed by atoms with Gasteiger partial charge in [-0.05, 0) is 25.0 Å². The smallest absolute Gasteiger partial charge is 0.246 e. The summed E-state index contributed by atoms with van der Waals surface area (Å²) in [6.07, 6.45) is 1.56. The highest BCUT2D eigenvalue weighted by atomic mass is 16.5. The van der Waals surface area contributed by atoms with Crippen LogP contribution >= 0.6 is 0 Å². The molecule has 0 spiro atoms. The van der Waals surface area contributed by atoms with Crippen molar-refractivity contribution in [2.45, 2.75) is 25.0 Å². The van der Waals surface area contributed by atoms with Crippen molar-refractivity contribution in [2.24, 2.45) is 0 Å². The molecule has 102 valence electrons. The van der Waals surface area contributed by atoms with Crippen LogP contribution in [-0.2, 0) is 16.0 Å².